The molecule has 0 bridgehead atoms. The second kappa shape index (κ2) is 6.41. The van der Waals surface area contributed by atoms with E-state index in [0.717, 1.165) is 25.1 Å². The summed E-state index contributed by atoms with van der Waals surface area (Å²) < 4.78 is 0. The number of carbonyl (C=O) groups excluding carboxylic acids is 1. The van der Waals surface area contributed by atoms with Crippen LogP contribution in [0.3, 0.4) is 0 Å². The summed E-state index contributed by atoms with van der Waals surface area (Å²) in [5.41, 5.74) is 7.30. The quantitative estimate of drug-likeness (QED) is 0.909. The van der Waals surface area contributed by atoms with Crippen LogP contribution in [0, 0.1) is 12.8 Å². The number of aryl methyl sites for hydroxylation is 1. The highest BCUT2D eigenvalue weighted by Gasteiger charge is 2.26. The first-order valence-electron chi connectivity index (χ1n) is 5.87. The van der Waals surface area contributed by atoms with Gasteiger partial charge in [0.1, 0.15) is 0 Å². The minimum absolute atomic E-state index is 0. The van der Waals surface area contributed by atoms with E-state index in [2.05, 4.69) is 0 Å². The van der Waals surface area contributed by atoms with E-state index < -0.39 is 0 Å². The van der Waals surface area contributed by atoms with Gasteiger partial charge >= 0.3 is 0 Å². The van der Waals surface area contributed by atoms with Gasteiger partial charge in [-0.15, -0.1) is 12.4 Å². The van der Waals surface area contributed by atoms with Crippen LogP contribution in [0.2, 0.25) is 5.02 Å². The lowest BCUT2D eigenvalue weighted by molar-refractivity contribution is 0.0787. The van der Waals surface area contributed by atoms with Crippen LogP contribution < -0.4 is 5.73 Å². The van der Waals surface area contributed by atoms with Gasteiger partial charge in [-0.3, -0.25) is 4.79 Å². The number of benzene rings is 1. The highest BCUT2D eigenvalue weighted by Crippen LogP contribution is 2.21. The second-order valence-corrected chi connectivity index (χ2v) is 5.04. The Balaban J connectivity index is 0.00000162. The fourth-order valence-electron chi connectivity index (χ4n) is 2.20. The molecule has 1 heterocycles. The molecule has 18 heavy (non-hydrogen) atoms. The molecule has 100 valence electrons. The predicted molar refractivity (Wildman–Crippen MR) is 76.5 cm³/mol. The van der Waals surface area contributed by atoms with E-state index in [1.165, 1.54) is 0 Å². The third kappa shape index (κ3) is 3.16. The molecular formula is C13H18Cl2N2O. The van der Waals surface area contributed by atoms with Crippen LogP contribution in [0.25, 0.3) is 0 Å². The smallest absolute Gasteiger partial charge is 0.254 e. The Morgan fingerprint density at radius 3 is 2.89 bits per heavy atom. The molecule has 0 radical (unpaired) electrons. The number of amides is 1. The Labute approximate surface area is 119 Å². The van der Waals surface area contributed by atoms with Gasteiger partial charge in [0, 0.05) is 23.7 Å². The van der Waals surface area contributed by atoms with Crippen LogP contribution >= 0.6 is 24.0 Å². The summed E-state index contributed by atoms with van der Waals surface area (Å²) in [6.07, 6.45) is 1.00. The summed E-state index contributed by atoms with van der Waals surface area (Å²) >= 11 is 5.93. The number of carbonyl (C=O) groups is 1. The van der Waals surface area contributed by atoms with Crippen molar-refractivity contribution in [2.75, 3.05) is 19.6 Å². The predicted octanol–water partition coefficient (Wildman–Crippen LogP) is 2.49. The summed E-state index contributed by atoms with van der Waals surface area (Å²) in [6.45, 7) is 4.15. The molecule has 1 atom stereocenters. The minimum Gasteiger partial charge on any atom is -0.338 e. The maximum absolute atomic E-state index is 12.3. The van der Waals surface area contributed by atoms with Crippen LogP contribution in [0.5, 0.6) is 0 Å². The zero-order valence-corrected chi connectivity index (χ0v) is 11.9. The van der Waals surface area contributed by atoms with Gasteiger partial charge in [-0.25, -0.2) is 0 Å². The summed E-state index contributed by atoms with van der Waals surface area (Å²) in [7, 11) is 0. The van der Waals surface area contributed by atoms with Gasteiger partial charge in [0.25, 0.3) is 5.91 Å². The highest BCUT2D eigenvalue weighted by molar-refractivity contribution is 6.31. The molecule has 0 saturated carbocycles. The van der Waals surface area contributed by atoms with E-state index in [1.807, 2.05) is 17.9 Å². The van der Waals surface area contributed by atoms with Crippen LogP contribution in [-0.2, 0) is 0 Å². The lowest BCUT2D eigenvalue weighted by Gasteiger charge is -2.17. The lowest BCUT2D eigenvalue weighted by Crippen LogP contribution is -2.30. The molecule has 1 unspecified atom stereocenters. The van der Waals surface area contributed by atoms with Gasteiger partial charge in [0.05, 0.1) is 0 Å². The van der Waals surface area contributed by atoms with Gasteiger partial charge in [0.15, 0.2) is 0 Å². The van der Waals surface area contributed by atoms with Gasteiger partial charge in [-0.2, -0.15) is 0 Å². The molecule has 2 N–H and O–H groups in total. The van der Waals surface area contributed by atoms with E-state index in [9.17, 15) is 4.79 Å². The van der Waals surface area contributed by atoms with Crippen molar-refractivity contribution < 1.29 is 4.79 Å². The van der Waals surface area contributed by atoms with Crippen molar-refractivity contribution in [1.29, 1.82) is 0 Å². The van der Waals surface area contributed by atoms with Crippen molar-refractivity contribution in [2.45, 2.75) is 13.3 Å². The zero-order chi connectivity index (χ0) is 12.4. The summed E-state index contributed by atoms with van der Waals surface area (Å²) in [6, 6.07) is 5.43. The van der Waals surface area contributed by atoms with Crippen molar-refractivity contribution in [3.63, 3.8) is 0 Å². The SMILES string of the molecule is Cc1ccc(Cl)cc1C(=O)N1CCC(CN)C1.Cl. The van der Waals surface area contributed by atoms with Crippen LogP contribution in [-0.4, -0.2) is 30.4 Å². The summed E-state index contributed by atoms with van der Waals surface area (Å²) in [5.74, 6) is 0.513. The Morgan fingerprint density at radius 1 is 1.56 bits per heavy atom. The van der Waals surface area contributed by atoms with Gasteiger partial charge in [0.2, 0.25) is 0 Å². The van der Waals surface area contributed by atoms with Gasteiger partial charge < -0.3 is 10.6 Å². The first-order chi connectivity index (χ1) is 8.11. The Bertz CT molecular complexity index is 437. The highest BCUT2D eigenvalue weighted by atomic mass is 35.5. The fourth-order valence-corrected chi connectivity index (χ4v) is 2.38. The van der Waals surface area contributed by atoms with E-state index in [4.69, 9.17) is 17.3 Å². The molecule has 2 rings (SSSR count). The zero-order valence-electron chi connectivity index (χ0n) is 10.4. The fraction of sp³-hybridized carbons (Fsp3) is 0.462. The third-order valence-corrected chi connectivity index (χ3v) is 3.57. The average Bonchev–Trinajstić information content (AvgIpc) is 2.80. The second-order valence-electron chi connectivity index (χ2n) is 4.60. The van der Waals surface area contributed by atoms with Crippen molar-refractivity contribution in [3.05, 3.63) is 34.3 Å². The first kappa shape index (κ1) is 15.3. The number of likely N-dealkylation sites (tertiary alicyclic amines) is 1. The van der Waals surface area contributed by atoms with Gasteiger partial charge in [-0.05, 0) is 43.5 Å². The minimum atomic E-state index is 0. The van der Waals surface area contributed by atoms with E-state index in [0.29, 0.717) is 23.0 Å². The molecule has 1 aromatic carbocycles. The molecule has 0 aromatic heterocycles. The molecule has 0 spiro atoms. The first-order valence-corrected chi connectivity index (χ1v) is 6.25. The maximum Gasteiger partial charge on any atom is 0.254 e. The Kier molecular flexibility index (Phi) is 5.45. The van der Waals surface area contributed by atoms with E-state index in [1.54, 1.807) is 12.1 Å². The molecule has 1 saturated heterocycles. The van der Waals surface area contributed by atoms with Crippen LogP contribution in [0.15, 0.2) is 18.2 Å². The number of nitrogens with two attached hydrogens (primary N) is 1. The molecule has 1 aliphatic rings. The van der Waals surface area contributed by atoms with Crippen molar-refractivity contribution in [1.82, 2.24) is 4.90 Å². The molecule has 1 fully saturated rings. The number of hydrogen-bond acceptors (Lipinski definition) is 2. The third-order valence-electron chi connectivity index (χ3n) is 3.34. The Morgan fingerprint density at radius 2 is 2.28 bits per heavy atom. The number of nitrogens with zero attached hydrogens (tertiary/aromatic N) is 1. The van der Waals surface area contributed by atoms with Crippen LogP contribution in [0.1, 0.15) is 22.3 Å². The topological polar surface area (TPSA) is 46.3 Å². The molecule has 1 amide bonds. The summed E-state index contributed by atoms with van der Waals surface area (Å²) in [5, 5.41) is 0.605. The molecule has 0 aliphatic carbocycles. The monoisotopic (exact) mass is 288 g/mol. The van der Waals surface area contributed by atoms with Crippen molar-refractivity contribution in [3.8, 4) is 0 Å². The van der Waals surface area contributed by atoms with Crippen LogP contribution in [0.4, 0.5) is 0 Å². The summed E-state index contributed by atoms with van der Waals surface area (Å²) in [4.78, 5) is 14.2. The van der Waals surface area contributed by atoms with Gasteiger partial charge in [-0.1, -0.05) is 17.7 Å². The normalized spacial score (nSPS) is 18.6. The number of halogens is 2. The molecule has 1 aromatic rings. The molecular weight excluding hydrogens is 271 g/mol. The standard InChI is InChI=1S/C13H17ClN2O.ClH/c1-9-2-3-11(14)6-12(9)13(17)16-5-4-10(7-15)8-16;/h2-3,6,10H,4-5,7-8,15H2,1H3;1H. The molecule has 5 heteroatoms. The van der Waals surface area contributed by atoms with Crippen molar-refractivity contribution in [2.24, 2.45) is 11.7 Å². The maximum atomic E-state index is 12.3. The number of hydrogen-bond donors (Lipinski definition) is 1. The van der Waals surface area contributed by atoms with E-state index in [-0.39, 0.29) is 18.3 Å². The molecule has 1 aliphatic heterocycles. The average molecular weight is 289 g/mol. The van der Waals surface area contributed by atoms with E-state index >= 15 is 0 Å². The Hall–Kier alpha value is -0.770. The molecule has 3 nitrogen and oxygen atoms in total. The largest absolute Gasteiger partial charge is 0.338 e. The lowest BCUT2D eigenvalue weighted by atomic mass is 10.1. The number of rotatable bonds is 2. The van der Waals surface area contributed by atoms with Crippen molar-refractivity contribution >= 4 is 29.9 Å².